The maximum atomic E-state index is 13.0. The third-order valence-corrected chi connectivity index (χ3v) is 7.31. The average molecular weight is 488 g/mol. The lowest BCUT2D eigenvalue weighted by Crippen LogP contribution is -2.49. The molecular formula is C27H29N5O2S. The second kappa shape index (κ2) is 10.00. The highest BCUT2D eigenvalue weighted by Gasteiger charge is 2.23. The monoisotopic (exact) mass is 487 g/mol. The molecule has 0 atom stereocenters. The van der Waals surface area contributed by atoms with Crippen LogP contribution in [0.25, 0.3) is 16.8 Å². The van der Waals surface area contributed by atoms with Crippen LogP contribution in [0.5, 0.6) is 5.75 Å². The minimum atomic E-state index is 0.152. The average Bonchev–Trinajstić information content (AvgIpc) is 3.23. The minimum absolute atomic E-state index is 0.152. The van der Waals surface area contributed by atoms with Gasteiger partial charge in [-0.2, -0.15) is 5.10 Å². The van der Waals surface area contributed by atoms with Gasteiger partial charge in [-0.1, -0.05) is 48.2 Å². The third-order valence-electron chi connectivity index (χ3n) is 6.33. The van der Waals surface area contributed by atoms with Crippen molar-refractivity contribution >= 4 is 29.0 Å². The SMILES string of the molecule is COc1ccccc1-c1c(C)nn2c(SCC(=O)N3CCN(c4ccccc4)CC3)cc(C)nc12. The second-order valence-corrected chi connectivity index (χ2v) is 9.62. The number of methoxy groups -OCH3 is 1. The molecule has 0 aliphatic carbocycles. The number of fused-ring (bicyclic) bond motifs is 1. The fourth-order valence-corrected chi connectivity index (χ4v) is 5.52. The van der Waals surface area contributed by atoms with Gasteiger partial charge in [0, 0.05) is 43.1 Å². The second-order valence-electron chi connectivity index (χ2n) is 8.62. The number of benzene rings is 2. The van der Waals surface area contributed by atoms with Gasteiger partial charge in [-0.05, 0) is 38.1 Å². The molecule has 7 nitrogen and oxygen atoms in total. The third kappa shape index (κ3) is 4.71. The highest BCUT2D eigenvalue weighted by molar-refractivity contribution is 7.99. The van der Waals surface area contributed by atoms with E-state index in [0.717, 1.165) is 65.1 Å². The number of hydrogen-bond donors (Lipinski definition) is 0. The smallest absolute Gasteiger partial charge is 0.233 e. The van der Waals surface area contributed by atoms with E-state index < -0.39 is 0 Å². The molecule has 1 amide bonds. The van der Waals surface area contributed by atoms with Gasteiger partial charge in [0.2, 0.25) is 5.91 Å². The van der Waals surface area contributed by atoms with Gasteiger partial charge in [0.15, 0.2) is 5.65 Å². The summed E-state index contributed by atoms with van der Waals surface area (Å²) >= 11 is 1.51. The van der Waals surface area contributed by atoms with Crippen LogP contribution in [0.4, 0.5) is 5.69 Å². The lowest BCUT2D eigenvalue weighted by Gasteiger charge is -2.36. The van der Waals surface area contributed by atoms with Crippen molar-refractivity contribution in [3.05, 3.63) is 72.1 Å². The number of thioether (sulfide) groups is 1. The first kappa shape index (κ1) is 23.2. The Labute approximate surface area is 209 Å². The summed E-state index contributed by atoms with van der Waals surface area (Å²) < 4.78 is 7.45. The van der Waals surface area contributed by atoms with Crippen LogP contribution in [0.1, 0.15) is 11.4 Å². The molecule has 1 saturated heterocycles. The van der Waals surface area contributed by atoms with Crippen molar-refractivity contribution < 1.29 is 9.53 Å². The largest absolute Gasteiger partial charge is 0.496 e. The van der Waals surface area contributed by atoms with Gasteiger partial charge in [-0.15, -0.1) is 0 Å². The van der Waals surface area contributed by atoms with E-state index in [1.807, 2.05) is 59.7 Å². The standard InChI is InChI=1S/C27H29N5O2S/c1-19-17-25(32-27(28-19)26(20(2)29-32)22-11-7-8-12-23(22)34-3)35-18-24(33)31-15-13-30(14-16-31)21-9-5-4-6-10-21/h4-12,17H,13-16,18H2,1-3H3. The number of amides is 1. The summed E-state index contributed by atoms with van der Waals surface area (Å²) in [7, 11) is 1.67. The molecule has 0 bridgehead atoms. The highest BCUT2D eigenvalue weighted by Crippen LogP contribution is 2.36. The number of aromatic nitrogens is 3. The van der Waals surface area contributed by atoms with E-state index in [4.69, 9.17) is 14.8 Å². The summed E-state index contributed by atoms with van der Waals surface area (Å²) in [5.74, 6) is 1.30. The topological polar surface area (TPSA) is 63.0 Å². The number of carbonyl (C=O) groups is 1. The number of carbonyl (C=O) groups excluding carboxylic acids is 1. The van der Waals surface area contributed by atoms with Crippen molar-refractivity contribution in [3.63, 3.8) is 0 Å². The fraction of sp³-hybridized carbons (Fsp3) is 0.296. The summed E-state index contributed by atoms with van der Waals surface area (Å²) in [4.78, 5) is 22.1. The fourth-order valence-electron chi connectivity index (χ4n) is 4.56. The van der Waals surface area contributed by atoms with Gasteiger partial charge in [0.1, 0.15) is 10.8 Å². The zero-order valence-corrected chi connectivity index (χ0v) is 21.1. The molecule has 5 rings (SSSR count). The zero-order valence-electron chi connectivity index (χ0n) is 20.3. The van der Waals surface area contributed by atoms with Crippen molar-refractivity contribution in [1.82, 2.24) is 19.5 Å². The van der Waals surface area contributed by atoms with E-state index in [0.29, 0.717) is 5.75 Å². The molecule has 0 saturated carbocycles. The van der Waals surface area contributed by atoms with Crippen LogP contribution >= 0.6 is 11.8 Å². The summed E-state index contributed by atoms with van der Waals surface area (Å²) in [5, 5.41) is 5.70. The van der Waals surface area contributed by atoms with Gasteiger partial charge in [-0.3, -0.25) is 4.79 Å². The summed E-state index contributed by atoms with van der Waals surface area (Å²) in [6.45, 7) is 7.12. The molecule has 2 aromatic carbocycles. The molecule has 1 fully saturated rings. The molecule has 0 radical (unpaired) electrons. The van der Waals surface area contributed by atoms with Crippen LogP contribution in [-0.2, 0) is 4.79 Å². The van der Waals surface area contributed by atoms with Crippen molar-refractivity contribution in [2.24, 2.45) is 0 Å². The van der Waals surface area contributed by atoms with Gasteiger partial charge in [0.25, 0.3) is 0 Å². The number of aryl methyl sites for hydroxylation is 2. The molecule has 180 valence electrons. The van der Waals surface area contributed by atoms with Crippen molar-refractivity contribution in [2.75, 3.05) is 43.9 Å². The van der Waals surface area contributed by atoms with E-state index in [2.05, 4.69) is 29.2 Å². The van der Waals surface area contributed by atoms with Crippen LogP contribution in [-0.4, -0.2) is 64.4 Å². The van der Waals surface area contributed by atoms with Gasteiger partial charge in [0.05, 0.1) is 24.1 Å². The van der Waals surface area contributed by atoms with Crippen molar-refractivity contribution in [1.29, 1.82) is 0 Å². The van der Waals surface area contributed by atoms with Gasteiger partial charge >= 0.3 is 0 Å². The molecule has 4 aromatic rings. The number of anilines is 1. The van der Waals surface area contributed by atoms with E-state index in [1.54, 1.807) is 7.11 Å². The molecule has 0 unspecified atom stereocenters. The first-order valence-corrected chi connectivity index (χ1v) is 12.7. The van der Waals surface area contributed by atoms with E-state index >= 15 is 0 Å². The Morgan fingerprint density at radius 1 is 1.00 bits per heavy atom. The molecule has 0 spiro atoms. The van der Waals surface area contributed by atoms with E-state index in [-0.39, 0.29) is 5.91 Å². The Bertz CT molecular complexity index is 1350. The maximum Gasteiger partial charge on any atom is 0.233 e. The summed E-state index contributed by atoms with van der Waals surface area (Å²) in [6.07, 6.45) is 0. The van der Waals surface area contributed by atoms with Crippen LogP contribution in [0.2, 0.25) is 0 Å². The number of ether oxygens (including phenoxy) is 1. The van der Waals surface area contributed by atoms with Crippen LogP contribution < -0.4 is 9.64 Å². The minimum Gasteiger partial charge on any atom is -0.496 e. The zero-order chi connectivity index (χ0) is 24.4. The summed E-state index contributed by atoms with van der Waals surface area (Å²) in [6, 6.07) is 20.3. The number of hydrogen-bond acceptors (Lipinski definition) is 6. The molecule has 1 aliphatic heterocycles. The first-order valence-electron chi connectivity index (χ1n) is 11.8. The van der Waals surface area contributed by atoms with Crippen LogP contribution in [0.3, 0.4) is 0 Å². The van der Waals surface area contributed by atoms with Gasteiger partial charge < -0.3 is 14.5 Å². The summed E-state index contributed by atoms with van der Waals surface area (Å²) in [5.41, 5.74) is 5.67. The number of piperazine rings is 1. The molecular weight excluding hydrogens is 458 g/mol. The molecule has 2 aromatic heterocycles. The van der Waals surface area contributed by atoms with Crippen molar-refractivity contribution in [2.45, 2.75) is 18.9 Å². The normalized spacial score (nSPS) is 13.9. The van der Waals surface area contributed by atoms with E-state index in [9.17, 15) is 4.79 Å². The molecule has 8 heteroatoms. The molecule has 3 heterocycles. The Kier molecular flexibility index (Phi) is 6.63. The van der Waals surface area contributed by atoms with Crippen LogP contribution in [0, 0.1) is 13.8 Å². The molecule has 0 N–H and O–H groups in total. The first-order chi connectivity index (χ1) is 17.0. The maximum absolute atomic E-state index is 13.0. The van der Waals surface area contributed by atoms with Crippen LogP contribution in [0.15, 0.2) is 65.7 Å². The molecule has 35 heavy (non-hydrogen) atoms. The number of nitrogens with zero attached hydrogens (tertiary/aromatic N) is 5. The quantitative estimate of drug-likeness (QED) is 0.296. The Morgan fingerprint density at radius 2 is 1.71 bits per heavy atom. The number of para-hydroxylation sites is 2. The predicted molar refractivity (Wildman–Crippen MR) is 140 cm³/mol. The van der Waals surface area contributed by atoms with E-state index in [1.165, 1.54) is 17.4 Å². The van der Waals surface area contributed by atoms with Gasteiger partial charge in [-0.25, -0.2) is 9.50 Å². The number of rotatable bonds is 6. The van der Waals surface area contributed by atoms with Crippen molar-refractivity contribution in [3.8, 4) is 16.9 Å². The molecule has 1 aliphatic rings. The lowest BCUT2D eigenvalue weighted by molar-refractivity contribution is -0.128. The Morgan fingerprint density at radius 3 is 2.46 bits per heavy atom. The predicted octanol–water partition coefficient (Wildman–Crippen LogP) is 4.46. The lowest BCUT2D eigenvalue weighted by atomic mass is 10.1. The Balaban J connectivity index is 1.32. The highest BCUT2D eigenvalue weighted by atomic mass is 32.2. The Hall–Kier alpha value is -3.52.